The van der Waals surface area contributed by atoms with E-state index in [1.54, 1.807) is 0 Å². The van der Waals surface area contributed by atoms with Crippen LogP contribution < -0.4 is 5.73 Å². The molecule has 76 valence electrons. The number of nitrogens with zero attached hydrogens (tertiary/aromatic N) is 1. The van der Waals surface area contributed by atoms with E-state index in [9.17, 15) is 0 Å². The Morgan fingerprint density at radius 2 is 1.85 bits per heavy atom. The van der Waals surface area contributed by atoms with Gasteiger partial charge in [0.05, 0.1) is 4.99 Å². The summed E-state index contributed by atoms with van der Waals surface area (Å²) in [5.41, 5.74) is 5.60. The molecule has 1 unspecified atom stereocenters. The maximum absolute atomic E-state index is 5.60. The zero-order valence-electron chi connectivity index (χ0n) is 8.46. The summed E-state index contributed by atoms with van der Waals surface area (Å²) in [5, 5.41) is 0. The Morgan fingerprint density at radius 1 is 1.31 bits per heavy atom. The van der Waals surface area contributed by atoms with Crippen LogP contribution >= 0.6 is 12.2 Å². The Balaban J connectivity index is 2.29. The second kappa shape index (κ2) is 5.55. The molecule has 1 saturated heterocycles. The number of likely N-dealkylation sites (tertiary alicyclic amines) is 1. The van der Waals surface area contributed by atoms with E-state index in [0.29, 0.717) is 10.9 Å². The van der Waals surface area contributed by atoms with Crippen LogP contribution in [0.25, 0.3) is 0 Å². The molecule has 0 amide bonds. The van der Waals surface area contributed by atoms with Crippen molar-refractivity contribution in [2.45, 2.75) is 32.6 Å². The van der Waals surface area contributed by atoms with Gasteiger partial charge in [0.15, 0.2) is 0 Å². The van der Waals surface area contributed by atoms with Crippen LogP contribution in [-0.4, -0.2) is 29.5 Å². The lowest BCUT2D eigenvalue weighted by atomic mass is 10.1. The zero-order chi connectivity index (χ0) is 9.68. The first-order valence-electron chi connectivity index (χ1n) is 5.22. The summed E-state index contributed by atoms with van der Waals surface area (Å²) < 4.78 is 0. The summed E-state index contributed by atoms with van der Waals surface area (Å²) in [6.07, 6.45) is 5.45. The number of rotatable bonds is 3. The Morgan fingerprint density at radius 3 is 2.31 bits per heavy atom. The molecule has 2 nitrogen and oxygen atoms in total. The predicted molar refractivity (Wildman–Crippen MR) is 60.9 cm³/mol. The Bertz CT molecular complexity index is 162. The van der Waals surface area contributed by atoms with Gasteiger partial charge in [-0.3, -0.25) is 0 Å². The zero-order valence-corrected chi connectivity index (χ0v) is 9.28. The molecule has 0 bridgehead atoms. The molecule has 0 aromatic heterocycles. The van der Waals surface area contributed by atoms with Gasteiger partial charge in [0.25, 0.3) is 0 Å². The smallest absolute Gasteiger partial charge is 0.0768 e. The van der Waals surface area contributed by atoms with Crippen molar-refractivity contribution in [2.75, 3.05) is 19.6 Å². The number of nitrogens with two attached hydrogens (primary N) is 1. The average molecular weight is 200 g/mol. The van der Waals surface area contributed by atoms with Gasteiger partial charge in [-0.2, -0.15) is 0 Å². The van der Waals surface area contributed by atoms with Gasteiger partial charge < -0.3 is 10.6 Å². The van der Waals surface area contributed by atoms with E-state index in [1.165, 1.54) is 38.8 Å². The largest absolute Gasteiger partial charge is 0.393 e. The molecular formula is C10H20N2S. The van der Waals surface area contributed by atoms with Crippen LogP contribution in [0.4, 0.5) is 0 Å². The second-order valence-electron chi connectivity index (χ2n) is 4.02. The van der Waals surface area contributed by atoms with Crippen LogP contribution in [0.15, 0.2) is 0 Å². The molecule has 3 heteroatoms. The molecule has 0 saturated carbocycles. The summed E-state index contributed by atoms with van der Waals surface area (Å²) in [6, 6.07) is 0. The summed E-state index contributed by atoms with van der Waals surface area (Å²) in [7, 11) is 0. The summed E-state index contributed by atoms with van der Waals surface area (Å²) in [4.78, 5) is 3.15. The monoisotopic (exact) mass is 200 g/mol. The highest BCUT2D eigenvalue weighted by atomic mass is 32.1. The molecule has 0 aromatic rings. The number of thiocarbonyl (C=S) groups is 1. The van der Waals surface area contributed by atoms with Crippen LogP contribution in [0.2, 0.25) is 0 Å². The fraction of sp³-hybridized carbons (Fsp3) is 0.900. The molecule has 1 aliphatic rings. The fourth-order valence-electron chi connectivity index (χ4n) is 1.80. The highest BCUT2D eigenvalue weighted by Gasteiger charge is 2.13. The van der Waals surface area contributed by atoms with Gasteiger partial charge in [-0.25, -0.2) is 0 Å². The SMILES string of the molecule is CC(CN1CCCCCC1)C(N)=S. The highest BCUT2D eigenvalue weighted by Crippen LogP contribution is 2.11. The van der Waals surface area contributed by atoms with Crippen LogP contribution in [-0.2, 0) is 0 Å². The van der Waals surface area contributed by atoms with Crippen molar-refractivity contribution in [1.29, 1.82) is 0 Å². The van der Waals surface area contributed by atoms with Gasteiger partial charge in [0.2, 0.25) is 0 Å². The van der Waals surface area contributed by atoms with Crippen molar-refractivity contribution >= 4 is 17.2 Å². The maximum Gasteiger partial charge on any atom is 0.0768 e. The van der Waals surface area contributed by atoms with Crippen molar-refractivity contribution in [2.24, 2.45) is 11.7 Å². The average Bonchev–Trinajstić information content (AvgIpc) is 2.32. The molecule has 1 atom stereocenters. The molecule has 0 radical (unpaired) electrons. The standard InChI is InChI=1S/C10H20N2S/c1-9(10(11)13)8-12-6-4-2-3-5-7-12/h9H,2-8H2,1H3,(H2,11,13). The third kappa shape index (κ3) is 4.05. The van der Waals surface area contributed by atoms with Gasteiger partial charge in [0, 0.05) is 12.5 Å². The summed E-state index contributed by atoms with van der Waals surface area (Å²) in [5.74, 6) is 0.369. The van der Waals surface area contributed by atoms with Crippen molar-refractivity contribution < 1.29 is 0 Å². The van der Waals surface area contributed by atoms with E-state index in [2.05, 4.69) is 11.8 Å². The minimum absolute atomic E-state index is 0.369. The lowest BCUT2D eigenvalue weighted by molar-refractivity contribution is 0.269. The van der Waals surface area contributed by atoms with Gasteiger partial charge in [-0.15, -0.1) is 0 Å². The summed E-state index contributed by atoms with van der Waals surface area (Å²) in [6.45, 7) is 5.63. The summed E-state index contributed by atoms with van der Waals surface area (Å²) >= 11 is 4.97. The van der Waals surface area contributed by atoms with Gasteiger partial charge in [-0.1, -0.05) is 32.0 Å². The van der Waals surface area contributed by atoms with E-state index in [1.807, 2.05) is 0 Å². The van der Waals surface area contributed by atoms with Crippen LogP contribution in [0, 0.1) is 5.92 Å². The molecule has 0 aromatic carbocycles. The van der Waals surface area contributed by atoms with Gasteiger partial charge in [-0.05, 0) is 25.9 Å². The van der Waals surface area contributed by atoms with E-state index >= 15 is 0 Å². The predicted octanol–water partition coefficient (Wildman–Crippen LogP) is 1.78. The quantitative estimate of drug-likeness (QED) is 0.704. The Kier molecular flexibility index (Phi) is 4.67. The van der Waals surface area contributed by atoms with Crippen molar-refractivity contribution in [3.8, 4) is 0 Å². The number of hydrogen-bond donors (Lipinski definition) is 1. The van der Waals surface area contributed by atoms with Crippen molar-refractivity contribution in [1.82, 2.24) is 4.90 Å². The first-order valence-corrected chi connectivity index (χ1v) is 5.62. The Labute approximate surface area is 86.5 Å². The van der Waals surface area contributed by atoms with Crippen LogP contribution in [0.3, 0.4) is 0 Å². The highest BCUT2D eigenvalue weighted by molar-refractivity contribution is 7.80. The third-order valence-corrected chi connectivity index (χ3v) is 3.12. The molecule has 1 rings (SSSR count). The van der Waals surface area contributed by atoms with Crippen molar-refractivity contribution in [3.05, 3.63) is 0 Å². The molecule has 1 heterocycles. The lowest BCUT2D eigenvalue weighted by Gasteiger charge is -2.23. The van der Waals surface area contributed by atoms with Crippen molar-refractivity contribution in [3.63, 3.8) is 0 Å². The fourth-order valence-corrected chi connectivity index (χ4v) is 1.87. The van der Waals surface area contributed by atoms with E-state index in [-0.39, 0.29) is 0 Å². The minimum atomic E-state index is 0.369. The maximum atomic E-state index is 5.60. The van der Waals surface area contributed by atoms with Gasteiger partial charge >= 0.3 is 0 Å². The van der Waals surface area contributed by atoms with Crippen LogP contribution in [0.5, 0.6) is 0 Å². The molecule has 13 heavy (non-hydrogen) atoms. The topological polar surface area (TPSA) is 29.3 Å². The molecule has 1 aliphatic heterocycles. The normalized spacial score (nSPS) is 22.2. The molecule has 1 fully saturated rings. The number of hydrogen-bond acceptors (Lipinski definition) is 2. The third-order valence-electron chi connectivity index (χ3n) is 2.72. The van der Waals surface area contributed by atoms with E-state index in [4.69, 9.17) is 18.0 Å². The molecule has 2 N–H and O–H groups in total. The van der Waals surface area contributed by atoms with Gasteiger partial charge in [0.1, 0.15) is 0 Å². The second-order valence-corrected chi connectivity index (χ2v) is 4.49. The van der Waals surface area contributed by atoms with E-state index in [0.717, 1.165) is 6.54 Å². The Hall–Kier alpha value is -0.150. The van der Waals surface area contributed by atoms with E-state index < -0.39 is 0 Å². The van der Waals surface area contributed by atoms with Crippen LogP contribution in [0.1, 0.15) is 32.6 Å². The first-order chi connectivity index (χ1) is 6.20. The molecular weight excluding hydrogens is 180 g/mol. The minimum Gasteiger partial charge on any atom is -0.393 e. The molecule has 0 aliphatic carbocycles. The molecule has 0 spiro atoms. The lowest BCUT2D eigenvalue weighted by Crippen LogP contribution is -2.34. The first kappa shape index (κ1) is 10.9.